The first kappa shape index (κ1) is 23.5. The summed E-state index contributed by atoms with van der Waals surface area (Å²) in [4.78, 5) is 1.32. The van der Waals surface area contributed by atoms with E-state index in [2.05, 4.69) is 7.74 Å². The zero-order valence-electron chi connectivity index (χ0n) is 15.1. The highest BCUT2D eigenvalue weighted by atomic mass is 32.2. The number of alkyl halides is 6. The van der Waals surface area contributed by atoms with E-state index >= 15 is 0 Å². The largest absolute Gasteiger partial charge is 0.522 e. The molecule has 0 aliphatic carbocycles. The van der Waals surface area contributed by atoms with Crippen molar-refractivity contribution in [2.24, 2.45) is 0 Å². The summed E-state index contributed by atoms with van der Waals surface area (Å²) in [5, 5.41) is -1.14. The van der Waals surface area contributed by atoms with Gasteiger partial charge in [0, 0.05) is 28.8 Å². The Morgan fingerprint density at radius 1 is 0.710 bits per heavy atom. The molecule has 0 saturated heterocycles. The Bertz CT molecular complexity index is 1130. The number of fused-ring (bicyclic) bond motifs is 2. The molecule has 0 bridgehead atoms. The first-order valence-electron chi connectivity index (χ1n) is 8.00. The van der Waals surface area contributed by atoms with Crippen molar-refractivity contribution < 1.29 is 50.9 Å². The fraction of sp³-hybridized carbons (Fsp3) is 0.200. The van der Waals surface area contributed by atoms with Crippen LogP contribution < -0.4 is 15.3 Å². The third-order valence-corrected chi connectivity index (χ3v) is 11.3. The van der Waals surface area contributed by atoms with Gasteiger partial charge in [0.05, 0.1) is 0 Å². The van der Waals surface area contributed by atoms with Crippen LogP contribution in [0.3, 0.4) is 0 Å². The molecule has 0 atom stereocenters. The first-order chi connectivity index (χ1) is 14.0. The summed E-state index contributed by atoms with van der Waals surface area (Å²) in [7, 11) is -17.5. The van der Waals surface area contributed by atoms with E-state index in [4.69, 9.17) is 0 Å². The molecular weight excluding hydrogens is 496 g/mol. The van der Waals surface area contributed by atoms with Gasteiger partial charge in [0.25, 0.3) is 0 Å². The predicted octanol–water partition coefficient (Wildman–Crippen LogP) is 2.06. The lowest BCUT2D eigenvalue weighted by Gasteiger charge is -2.39. The highest BCUT2D eigenvalue weighted by Gasteiger charge is 2.64. The van der Waals surface area contributed by atoms with Gasteiger partial charge in [0.2, 0.25) is 0 Å². The number of benzene rings is 2. The fourth-order valence-corrected chi connectivity index (χ4v) is 10.1. The summed E-state index contributed by atoms with van der Waals surface area (Å²) in [5.41, 5.74) is -12.3. The number of hydrogen-bond acceptors (Lipinski definition) is 7. The van der Waals surface area contributed by atoms with Crippen molar-refractivity contribution in [3.05, 3.63) is 48.5 Å². The Morgan fingerprint density at radius 3 is 1.35 bits per heavy atom. The third-order valence-electron chi connectivity index (χ3n) is 4.26. The van der Waals surface area contributed by atoms with Crippen molar-refractivity contribution in [2.45, 2.75) is 11.0 Å². The molecule has 2 aromatic carbocycles. The van der Waals surface area contributed by atoms with Crippen LogP contribution >= 0.6 is 0 Å². The Kier molecular flexibility index (Phi) is 5.46. The van der Waals surface area contributed by atoms with Crippen LogP contribution in [0.5, 0.6) is 0 Å². The Labute approximate surface area is 173 Å². The highest BCUT2D eigenvalue weighted by molar-refractivity contribution is 7.90. The summed E-state index contributed by atoms with van der Waals surface area (Å²) in [6, 6.07) is 9.42. The van der Waals surface area contributed by atoms with E-state index in [0.29, 0.717) is 0 Å². The van der Waals surface area contributed by atoms with Crippen LogP contribution in [-0.4, -0.2) is 43.5 Å². The molecule has 0 saturated carbocycles. The second-order valence-electron chi connectivity index (χ2n) is 6.18. The summed E-state index contributed by atoms with van der Waals surface area (Å²) in [6.45, 7) is 0. The summed E-state index contributed by atoms with van der Waals surface area (Å²) in [6.07, 6.45) is 0. The average molecular weight is 507 g/mol. The minimum atomic E-state index is -6.59. The van der Waals surface area contributed by atoms with E-state index in [0.717, 1.165) is 24.3 Å². The van der Waals surface area contributed by atoms with Gasteiger partial charge < -0.3 is 4.90 Å². The van der Waals surface area contributed by atoms with Gasteiger partial charge in [-0.1, -0.05) is 36.4 Å². The quantitative estimate of drug-likeness (QED) is 0.356. The van der Waals surface area contributed by atoms with Crippen LogP contribution in [0.2, 0.25) is 0 Å². The third kappa shape index (κ3) is 3.82. The molecule has 16 heteroatoms. The first-order valence-corrected chi connectivity index (χ1v) is 12.6. The molecule has 170 valence electrons. The van der Waals surface area contributed by atoms with Gasteiger partial charge >= 0.3 is 39.8 Å². The van der Waals surface area contributed by atoms with E-state index in [1.54, 1.807) is 0 Å². The standard InChI is InChI=1S/C15H11F6NO6S2Si/c1-22-10-6-2-4-8-12(10)31(13-9-5-3-7-11(13)22,27-29(23,24)14(16,17)18)28-30(25,26)15(19,20)21/h2-9H,1H3. The van der Waals surface area contributed by atoms with Gasteiger partial charge in [-0.05, 0) is 12.1 Å². The lowest BCUT2D eigenvalue weighted by atomic mass is 10.2. The molecule has 7 nitrogen and oxygen atoms in total. The molecule has 31 heavy (non-hydrogen) atoms. The predicted molar refractivity (Wildman–Crippen MR) is 98.1 cm³/mol. The molecule has 0 unspecified atom stereocenters. The van der Waals surface area contributed by atoms with Gasteiger partial charge in [-0.2, -0.15) is 43.2 Å². The summed E-state index contributed by atoms with van der Waals surface area (Å²) < 4.78 is 135. The van der Waals surface area contributed by atoms with Crippen molar-refractivity contribution in [1.82, 2.24) is 0 Å². The molecule has 0 spiro atoms. The van der Waals surface area contributed by atoms with E-state index in [1.807, 2.05) is 0 Å². The lowest BCUT2D eigenvalue weighted by Crippen LogP contribution is -2.69. The molecule has 2 aromatic rings. The van der Waals surface area contributed by atoms with Gasteiger partial charge in [0.15, 0.2) is 0 Å². The number of rotatable bonds is 4. The van der Waals surface area contributed by atoms with Gasteiger partial charge in [-0.25, -0.2) is 0 Å². The maximum atomic E-state index is 13.1. The molecular formula is C15H11F6NO6S2Si. The van der Waals surface area contributed by atoms with Crippen LogP contribution in [0.15, 0.2) is 48.5 Å². The van der Waals surface area contributed by atoms with E-state index in [9.17, 15) is 43.2 Å². The van der Waals surface area contributed by atoms with Gasteiger partial charge in [-0.15, -0.1) is 0 Å². The molecule has 1 heterocycles. The number of nitrogens with zero attached hydrogens (tertiary/aromatic N) is 1. The van der Waals surface area contributed by atoms with Crippen molar-refractivity contribution >= 4 is 50.5 Å². The van der Waals surface area contributed by atoms with Crippen molar-refractivity contribution in [3.63, 3.8) is 0 Å². The molecule has 1 aliphatic rings. The number of hydrogen-bond donors (Lipinski definition) is 0. The zero-order chi connectivity index (χ0) is 23.5. The van der Waals surface area contributed by atoms with Crippen LogP contribution in [0, 0.1) is 0 Å². The Morgan fingerprint density at radius 2 is 1.03 bits per heavy atom. The monoisotopic (exact) mass is 507 g/mol. The molecule has 0 radical (unpaired) electrons. The second kappa shape index (κ2) is 7.19. The maximum absolute atomic E-state index is 13.1. The van der Waals surface area contributed by atoms with Gasteiger partial charge in [-0.3, -0.25) is 7.74 Å². The molecule has 0 aromatic heterocycles. The second-order valence-corrected chi connectivity index (χ2v) is 12.6. The number of anilines is 2. The Hall–Kier alpha value is -2.14. The molecule has 1 aliphatic heterocycles. The van der Waals surface area contributed by atoms with Crippen LogP contribution in [-0.2, 0) is 28.0 Å². The van der Waals surface area contributed by atoms with Crippen molar-refractivity contribution in [2.75, 3.05) is 11.9 Å². The molecule has 0 amide bonds. The maximum Gasteiger partial charge on any atom is 0.522 e. The number of halogens is 6. The number of para-hydroxylation sites is 2. The topological polar surface area (TPSA) is 90.0 Å². The minimum absolute atomic E-state index is 0.0948. The van der Waals surface area contributed by atoms with Crippen molar-refractivity contribution in [1.29, 1.82) is 0 Å². The summed E-state index contributed by atoms with van der Waals surface area (Å²) >= 11 is 0. The van der Waals surface area contributed by atoms with Crippen molar-refractivity contribution in [3.8, 4) is 0 Å². The Balaban J connectivity index is 2.43. The highest BCUT2D eigenvalue weighted by Crippen LogP contribution is 2.37. The van der Waals surface area contributed by atoms with E-state index in [1.165, 1.54) is 36.2 Å². The zero-order valence-corrected chi connectivity index (χ0v) is 17.7. The van der Waals surface area contributed by atoms with Crippen LogP contribution in [0.4, 0.5) is 37.7 Å². The minimum Gasteiger partial charge on any atom is -0.345 e. The summed E-state index contributed by atoms with van der Waals surface area (Å²) in [5.74, 6) is 0. The lowest BCUT2D eigenvalue weighted by molar-refractivity contribution is -0.0527. The average Bonchev–Trinajstić information content (AvgIpc) is 2.64. The van der Waals surface area contributed by atoms with Gasteiger partial charge in [0.1, 0.15) is 0 Å². The SMILES string of the molecule is CN1c2ccccc2[Si](OS(=O)(=O)C(F)(F)F)(OS(=O)(=O)C(F)(F)F)c2ccccc21. The smallest absolute Gasteiger partial charge is 0.345 e. The molecule has 3 rings (SSSR count). The van der Waals surface area contributed by atoms with Crippen LogP contribution in [0.1, 0.15) is 0 Å². The fourth-order valence-electron chi connectivity index (χ4n) is 2.96. The molecule has 0 N–H and O–H groups in total. The normalized spacial score (nSPS) is 16.5. The molecule has 0 fully saturated rings. The van der Waals surface area contributed by atoms with E-state index < -0.39 is 50.2 Å². The van der Waals surface area contributed by atoms with E-state index in [-0.39, 0.29) is 11.4 Å². The van der Waals surface area contributed by atoms with Crippen LogP contribution in [0.25, 0.3) is 0 Å².